The molecular weight excluding hydrogens is 262 g/mol. The number of aromatic nitrogens is 4. The van der Waals surface area contributed by atoms with Crippen LogP contribution < -0.4 is 11.4 Å². The van der Waals surface area contributed by atoms with E-state index in [1.54, 1.807) is 4.57 Å². The van der Waals surface area contributed by atoms with Gasteiger partial charge >= 0.3 is 5.69 Å². The minimum Gasteiger partial charge on any atom is -0.328 e. The van der Waals surface area contributed by atoms with E-state index in [1.165, 1.54) is 11.8 Å². The maximum absolute atomic E-state index is 11.4. The molecule has 2 heterocycles. The summed E-state index contributed by atoms with van der Waals surface area (Å²) in [6, 6.07) is 4.04. The van der Waals surface area contributed by atoms with Crippen LogP contribution in [0.3, 0.4) is 0 Å². The van der Waals surface area contributed by atoms with Gasteiger partial charge in [-0.1, -0.05) is 6.07 Å². The first-order chi connectivity index (χ1) is 9.10. The highest BCUT2D eigenvalue weighted by molar-refractivity contribution is 7.99. The van der Waals surface area contributed by atoms with E-state index in [2.05, 4.69) is 15.2 Å². The van der Waals surface area contributed by atoms with Crippen molar-refractivity contribution in [2.75, 3.05) is 0 Å². The Morgan fingerprint density at radius 2 is 2.32 bits per heavy atom. The van der Waals surface area contributed by atoms with Crippen molar-refractivity contribution in [3.63, 3.8) is 0 Å². The van der Waals surface area contributed by atoms with Crippen molar-refractivity contribution in [1.82, 2.24) is 19.7 Å². The minimum absolute atomic E-state index is 0.122. The van der Waals surface area contributed by atoms with Gasteiger partial charge in [-0.3, -0.25) is 4.57 Å². The van der Waals surface area contributed by atoms with Gasteiger partial charge in [-0.15, -0.1) is 5.10 Å². The summed E-state index contributed by atoms with van der Waals surface area (Å²) in [5.74, 6) is 0. The van der Waals surface area contributed by atoms with Crippen molar-refractivity contribution in [1.29, 1.82) is 0 Å². The van der Waals surface area contributed by atoms with Crippen LogP contribution >= 0.6 is 11.8 Å². The molecule has 1 unspecified atom stereocenters. The molecule has 0 fully saturated rings. The van der Waals surface area contributed by atoms with E-state index in [0.717, 1.165) is 17.0 Å². The maximum atomic E-state index is 11.4. The number of nitrogens with zero attached hydrogens (tertiary/aromatic N) is 3. The standard InChI is InChI=1S/C12H17N5OS/c1-3-17-11(18)15-16-12(17)19-10-5-4-9(7-14-10)6-8(2)13/h4-5,7-8H,3,6,13H2,1-2H3,(H,15,18). The molecule has 1 atom stereocenters. The molecular formula is C12H17N5OS. The SMILES string of the molecule is CCn1c(Sc2ccc(CC(C)N)cn2)n[nH]c1=O. The summed E-state index contributed by atoms with van der Waals surface area (Å²) in [5, 5.41) is 7.85. The third-order valence-corrected chi connectivity index (χ3v) is 3.54. The van der Waals surface area contributed by atoms with Crippen LogP contribution in [-0.2, 0) is 13.0 Å². The number of nitrogens with two attached hydrogens (primary N) is 1. The van der Waals surface area contributed by atoms with E-state index in [1.807, 2.05) is 32.2 Å². The molecule has 2 aromatic heterocycles. The average molecular weight is 279 g/mol. The van der Waals surface area contributed by atoms with Crippen molar-refractivity contribution in [3.05, 3.63) is 34.4 Å². The van der Waals surface area contributed by atoms with Gasteiger partial charge < -0.3 is 5.73 Å². The fourth-order valence-electron chi connectivity index (χ4n) is 1.72. The molecule has 2 rings (SSSR count). The number of hydrogen-bond acceptors (Lipinski definition) is 5. The van der Waals surface area contributed by atoms with Gasteiger partial charge in [-0.25, -0.2) is 14.9 Å². The van der Waals surface area contributed by atoms with Gasteiger partial charge in [0.25, 0.3) is 0 Å². The maximum Gasteiger partial charge on any atom is 0.343 e. The molecule has 0 aliphatic heterocycles. The molecule has 7 heteroatoms. The lowest BCUT2D eigenvalue weighted by Crippen LogP contribution is -2.17. The topological polar surface area (TPSA) is 89.6 Å². The second-order valence-electron chi connectivity index (χ2n) is 4.34. The van der Waals surface area contributed by atoms with E-state index < -0.39 is 0 Å². The molecule has 0 radical (unpaired) electrons. The van der Waals surface area contributed by atoms with E-state index in [4.69, 9.17) is 5.73 Å². The van der Waals surface area contributed by atoms with Crippen molar-refractivity contribution in [2.45, 2.75) is 43.0 Å². The molecule has 6 nitrogen and oxygen atoms in total. The van der Waals surface area contributed by atoms with Crippen molar-refractivity contribution < 1.29 is 0 Å². The van der Waals surface area contributed by atoms with E-state index >= 15 is 0 Å². The zero-order valence-corrected chi connectivity index (χ0v) is 11.8. The summed E-state index contributed by atoms with van der Waals surface area (Å²) in [6.07, 6.45) is 2.62. The Kier molecular flexibility index (Phi) is 4.39. The van der Waals surface area contributed by atoms with Gasteiger partial charge in [-0.2, -0.15) is 0 Å². The first-order valence-electron chi connectivity index (χ1n) is 6.13. The Balaban J connectivity index is 2.13. The summed E-state index contributed by atoms with van der Waals surface area (Å²) >= 11 is 1.37. The van der Waals surface area contributed by atoms with Gasteiger partial charge in [0.1, 0.15) is 5.03 Å². The monoisotopic (exact) mass is 279 g/mol. The number of nitrogens with one attached hydrogen (secondary N) is 1. The molecule has 0 aliphatic rings. The summed E-state index contributed by atoms with van der Waals surface area (Å²) in [7, 11) is 0. The first-order valence-corrected chi connectivity index (χ1v) is 6.95. The third-order valence-electron chi connectivity index (χ3n) is 2.59. The molecule has 0 aliphatic carbocycles. The van der Waals surface area contributed by atoms with Gasteiger partial charge in [0, 0.05) is 18.8 Å². The Bertz CT molecular complexity index is 587. The third kappa shape index (κ3) is 3.45. The van der Waals surface area contributed by atoms with Gasteiger partial charge in [0.2, 0.25) is 0 Å². The van der Waals surface area contributed by atoms with E-state index in [-0.39, 0.29) is 11.7 Å². The Hall–Kier alpha value is -1.60. The largest absolute Gasteiger partial charge is 0.343 e. The zero-order valence-electron chi connectivity index (χ0n) is 11.0. The lowest BCUT2D eigenvalue weighted by atomic mass is 10.1. The van der Waals surface area contributed by atoms with Crippen LogP contribution in [0.4, 0.5) is 0 Å². The smallest absolute Gasteiger partial charge is 0.328 e. The molecule has 102 valence electrons. The van der Waals surface area contributed by atoms with Crippen molar-refractivity contribution in [2.24, 2.45) is 5.73 Å². The molecule has 0 aromatic carbocycles. The normalized spacial score (nSPS) is 12.6. The van der Waals surface area contributed by atoms with E-state index in [0.29, 0.717) is 11.7 Å². The summed E-state index contributed by atoms with van der Waals surface area (Å²) in [6.45, 7) is 4.45. The van der Waals surface area contributed by atoms with Crippen LogP contribution in [0, 0.1) is 0 Å². The quantitative estimate of drug-likeness (QED) is 0.853. The van der Waals surface area contributed by atoms with Crippen LogP contribution in [0.5, 0.6) is 0 Å². The lowest BCUT2D eigenvalue weighted by Gasteiger charge is -2.05. The van der Waals surface area contributed by atoms with E-state index in [9.17, 15) is 4.79 Å². The van der Waals surface area contributed by atoms with Crippen LogP contribution in [-0.4, -0.2) is 25.8 Å². The number of pyridine rings is 1. The number of hydrogen-bond donors (Lipinski definition) is 2. The van der Waals surface area contributed by atoms with Gasteiger partial charge in [0.15, 0.2) is 5.16 Å². The molecule has 0 bridgehead atoms. The lowest BCUT2D eigenvalue weighted by molar-refractivity contribution is 0.660. The van der Waals surface area contributed by atoms with Gasteiger partial charge in [0.05, 0.1) is 0 Å². The molecule has 0 saturated carbocycles. The summed E-state index contributed by atoms with van der Waals surface area (Å²) in [4.78, 5) is 15.8. The van der Waals surface area contributed by atoms with Gasteiger partial charge in [-0.05, 0) is 43.7 Å². The molecule has 0 amide bonds. The number of aromatic amines is 1. The zero-order chi connectivity index (χ0) is 13.8. The fourth-order valence-corrected chi connectivity index (χ4v) is 2.56. The predicted octanol–water partition coefficient (Wildman–Crippen LogP) is 1.03. The van der Waals surface area contributed by atoms with Crippen molar-refractivity contribution in [3.8, 4) is 0 Å². The molecule has 2 aromatic rings. The summed E-state index contributed by atoms with van der Waals surface area (Å²) < 4.78 is 1.57. The highest BCUT2D eigenvalue weighted by atomic mass is 32.2. The number of rotatable bonds is 5. The first kappa shape index (κ1) is 13.8. The Labute approximate surface area is 115 Å². The second kappa shape index (κ2) is 6.03. The number of H-pyrrole nitrogens is 1. The van der Waals surface area contributed by atoms with Crippen LogP contribution in [0.25, 0.3) is 0 Å². The van der Waals surface area contributed by atoms with Crippen LogP contribution in [0.1, 0.15) is 19.4 Å². The molecule has 3 N–H and O–H groups in total. The van der Waals surface area contributed by atoms with Crippen molar-refractivity contribution >= 4 is 11.8 Å². The Morgan fingerprint density at radius 1 is 1.53 bits per heavy atom. The average Bonchev–Trinajstić information content (AvgIpc) is 2.71. The highest BCUT2D eigenvalue weighted by Gasteiger charge is 2.09. The molecule has 0 saturated heterocycles. The van der Waals surface area contributed by atoms with Crippen LogP contribution in [0.15, 0.2) is 33.3 Å². The minimum atomic E-state index is -0.196. The fraction of sp³-hybridized carbons (Fsp3) is 0.417. The second-order valence-corrected chi connectivity index (χ2v) is 5.33. The molecule has 0 spiro atoms. The predicted molar refractivity (Wildman–Crippen MR) is 74.2 cm³/mol. The highest BCUT2D eigenvalue weighted by Crippen LogP contribution is 2.22. The summed E-state index contributed by atoms with van der Waals surface area (Å²) in [5.41, 5.74) is 6.65. The Morgan fingerprint density at radius 3 is 2.89 bits per heavy atom. The molecule has 19 heavy (non-hydrogen) atoms. The van der Waals surface area contributed by atoms with Crippen LogP contribution in [0.2, 0.25) is 0 Å².